The van der Waals surface area contributed by atoms with Crippen LogP contribution in [0.1, 0.15) is 35.6 Å². The van der Waals surface area contributed by atoms with Gasteiger partial charge in [-0.1, -0.05) is 0 Å². The second-order valence-corrected chi connectivity index (χ2v) is 7.14. The van der Waals surface area contributed by atoms with E-state index in [2.05, 4.69) is 20.4 Å². The largest absolute Gasteiger partial charge is 0.466 e. The van der Waals surface area contributed by atoms with Crippen molar-refractivity contribution in [2.75, 3.05) is 6.61 Å². The maximum Gasteiger partial charge on any atom is 0.437 e. The second-order valence-electron chi connectivity index (χ2n) is 7.14. The fourth-order valence-electron chi connectivity index (χ4n) is 3.49. The average molecular weight is 442 g/mol. The first-order valence-electron chi connectivity index (χ1n) is 9.30. The van der Waals surface area contributed by atoms with Crippen LogP contribution in [0, 0.1) is 26.7 Å². The van der Waals surface area contributed by atoms with Crippen LogP contribution >= 0.6 is 0 Å². The molecule has 3 atom stereocenters. The number of nitrogens with one attached hydrogen (secondary N) is 2. The number of rotatable bonds is 4. The van der Waals surface area contributed by atoms with Crippen LogP contribution in [-0.2, 0) is 9.53 Å². The van der Waals surface area contributed by atoms with E-state index in [0.29, 0.717) is 11.4 Å². The lowest BCUT2D eigenvalue weighted by molar-refractivity contribution is -0.294. The zero-order chi connectivity index (χ0) is 23.1. The molecule has 1 fully saturated rings. The topological polar surface area (TPSA) is 131 Å². The molecule has 10 nitrogen and oxygen atoms in total. The Labute approximate surface area is 174 Å². The smallest absolute Gasteiger partial charge is 0.437 e. The van der Waals surface area contributed by atoms with Gasteiger partial charge < -0.3 is 20.5 Å². The summed E-state index contributed by atoms with van der Waals surface area (Å²) in [5.41, 5.74) is -2.30. The van der Waals surface area contributed by atoms with Gasteiger partial charge in [-0.05, 0) is 33.8 Å². The summed E-state index contributed by atoms with van der Waals surface area (Å²) in [6, 6.07) is -1.16. The van der Waals surface area contributed by atoms with Crippen molar-refractivity contribution in [1.29, 1.82) is 0 Å². The summed E-state index contributed by atoms with van der Waals surface area (Å²) < 4.78 is 47.3. The maximum atomic E-state index is 13.8. The summed E-state index contributed by atoms with van der Waals surface area (Å²) in [5.74, 6) is -3.41. The number of nitrogens with zero attached hydrogens (tertiary/aromatic N) is 4. The summed E-state index contributed by atoms with van der Waals surface area (Å²) in [6.45, 7) is 6.15. The molecule has 1 saturated heterocycles. The number of urea groups is 1. The molecule has 1 aliphatic heterocycles. The molecule has 2 aromatic rings. The minimum atomic E-state index is -5.36. The zero-order valence-corrected chi connectivity index (χ0v) is 17.1. The van der Waals surface area contributed by atoms with Crippen LogP contribution < -0.4 is 10.6 Å². The van der Waals surface area contributed by atoms with Crippen LogP contribution in [0.15, 0.2) is 12.3 Å². The van der Waals surface area contributed by atoms with Crippen molar-refractivity contribution in [1.82, 2.24) is 30.4 Å². The number of halogens is 3. The van der Waals surface area contributed by atoms with Gasteiger partial charge in [0.15, 0.2) is 0 Å². The Bertz CT molecular complexity index is 1000. The number of hydrogen-bond donors (Lipinski definition) is 3. The van der Waals surface area contributed by atoms with Gasteiger partial charge in [-0.2, -0.15) is 18.3 Å². The molecule has 13 heteroatoms. The Kier molecular flexibility index (Phi) is 5.65. The molecule has 1 aliphatic rings. The van der Waals surface area contributed by atoms with Crippen molar-refractivity contribution in [3.05, 3.63) is 34.9 Å². The molecule has 3 N–H and O–H groups in total. The van der Waals surface area contributed by atoms with E-state index in [1.165, 1.54) is 30.0 Å². The van der Waals surface area contributed by atoms with Gasteiger partial charge >= 0.3 is 18.2 Å². The number of alkyl halides is 3. The van der Waals surface area contributed by atoms with Crippen LogP contribution in [0.5, 0.6) is 0 Å². The van der Waals surface area contributed by atoms with Crippen molar-refractivity contribution in [3.8, 4) is 5.95 Å². The number of amides is 2. The lowest BCUT2D eigenvalue weighted by Crippen LogP contribution is -2.73. The van der Waals surface area contributed by atoms with Gasteiger partial charge in [-0.15, -0.1) is 0 Å². The quantitative estimate of drug-likeness (QED) is 0.610. The Morgan fingerprint density at radius 2 is 1.90 bits per heavy atom. The van der Waals surface area contributed by atoms with E-state index in [1.807, 2.05) is 0 Å². The third kappa shape index (κ3) is 4.04. The number of ether oxygens (including phenoxy) is 1. The third-order valence-electron chi connectivity index (χ3n) is 4.79. The number of hydrogen-bond acceptors (Lipinski definition) is 7. The van der Waals surface area contributed by atoms with Crippen molar-refractivity contribution in [3.63, 3.8) is 0 Å². The van der Waals surface area contributed by atoms with Crippen molar-refractivity contribution in [2.45, 2.75) is 45.6 Å². The minimum Gasteiger partial charge on any atom is -0.466 e. The molecule has 0 unspecified atom stereocenters. The molecule has 2 amide bonds. The first-order chi connectivity index (χ1) is 14.4. The third-order valence-corrected chi connectivity index (χ3v) is 4.79. The normalized spacial score (nSPS) is 23.8. The Morgan fingerprint density at radius 3 is 2.45 bits per heavy atom. The summed E-state index contributed by atoms with van der Waals surface area (Å²) in [4.78, 5) is 33.0. The van der Waals surface area contributed by atoms with Gasteiger partial charge in [0.1, 0.15) is 5.92 Å². The number of aliphatic hydroxyl groups is 1. The monoisotopic (exact) mass is 442 g/mol. The molecule has 3 heterocycles. The summed E-state index contributed by atoms with van der Waals surface area (Å²) in [6.07, 6.45) is -4.05. The molecule has 3 rings (SSSR count). The van der Waals surface area contributed by atoms with Gasteiger partial charge in [0.2, 0.25) is 0 Å². The van der Waals surface area contributed by atoms with Gasteiger partial charge in [-0.3, -0.25) is 4.79 Å². The summed E-state index contributed by atoms with van der Waals surface area (Å²) in [5, 5.41) is 18.3. The number of aryl methyl sites for hydroxylation is 3. The molecule has 0 spiro atoms. The average Bonchev–Trinajstić information content (AvgIpc) is 3.01. The van der Waals surface area contributed by atoms with E-state index in [4.69, 9.17) is 4.74 Å². The number of aromatic nitrogens is 4. The van der Waals surface area contributed by atoms with E-state index in [1.54, 1.807) is 19.9 Å². The highest BCUT2D eigenvalue weighted by Gasteiger charge is 2.67. The van der Waals surface area contributed by atoms with Gasteiger partial charge in [0.25, 0.3) is 11.7 Å². The molecule has 0 aromatic carbocycles. The fraction of sp³-hybridized carbons (Fsp3) is 0.500. The van der Waals surface area contributed by atoms with Gasteiger partial charge in [0, 0.05) is 23.1 Å². The van der Waals surface area contributed by atoms with Crippen molar-refractivity contribution in [2.24, 2.45) is 5.92 Å². The van der Waals surface area contributed by atoms with Crippen molar-refractivity contribution >= 4 is 12.0 Å². The second kappa shape index (κ2) is 7.80. The molecule has 0 saturated carbocycles. The maximum absolute atomic E-state index is 13.8. The first-order valence-corrected chi connectivity index (χ1v) is 9.30. The SMILES string of the molecule is CCOC(=O)[C@@H]1[C@H](c2cn(-c3nc(C)cc(C)n3)nc2C)NC(=O)N[C@@]1(O)C(F)(F)F. The molecule has 168 valence electrons. The summed E-state index contributed by atoms with van der Waals surface area (Å²) in [7, 11) is 0. The predicted molar refractivity (Wildman–Crippen MR) is 98.9 cm³/mol. The highest BCUT2D eigenvalue weighted by Crippen LogP contribution is 2.43. The summed E-state index contributed by atoms with van der Waals surface area (Å²) >= 11 is 0. The molecule has 0 radical (unpaired) electrons. The van der Waals surface area contributed by atoms with E-state index < -0.39 is 35.9 Å². The minimum absolute atomic E-state index is 0.0679. The lowest BCUT2D eigenvalue weighted by Gasteiger charge is -2.44. The van der Waals surface area contributed by atoms with E-state index >= 15 is 0 Å². The molecule has 2 aromatic heterocycles. The lowest BCUT2D eigenvalue weighted by atomic mass is 9.82. The number of carbonyl (C=O) groups excluding carboxylic acids is 2. The van der Waals surface area contributed by atoms with Crippen LogP contribution in [-0.4, -0.2) is 55.4 Å². The Morgan fingerprint density at radius 1 is 1.29 bits per heavy atom. The van der Waals surface area contributed by atoms with Gasteiger partial charge in [-0.25, -0.2) is 19.4 Å². The highest BCUT2D eigenvalue weighted by molar-refractivity contribution is 5.83. The number of esters is 1. The molecule has 0 bridgehead atoms. The molecule has 0 aliphatic carbocycles. The van der Waals surface area contributed by atoms with E-state index in [9.17, 15) is 27.9 Å². The predicted octanol–water partition coefficient (Wildman–Crippen LogP) is 1.37. The highest BCUT2D eigenvalue weighted by atomic mass is 19.4. The van der Waals surface area contributed by atoms with E-state index in [0.717, 1.165) is 0 Å². The van der Waals surface area contributed by atoms with Gasteiger partial charge in [0.05, 0.1) is 18.3 Å². The first kappa shape index (κ1) is 22.5. The molecule has 31 heavy (non-hydrogen) atoms. The van der Waals surface area contributed by atoms with Crippen LogP contribution in [0.3, 0.4) is 0 Å². The van der Waals surface area contributed by atoms with E-state index in [-0.39, 0.29) is 23.8 Å². The van der Waals surface area contributed by atoms with Crippen LogP contribution in [0.2, 0.25) is 0 Å². The fourth-order valence-corrected chi connectivity index (χ4v) is 3.49. The van der Waals surface area contributed by atoms with Crippen LogP contribution in [0.4, 0.5) is 18.0 Å². The van der Waals surface area contributed by atoms with Crippen molar-refractivity contribution < 1.29 is 32.6 Å². The zero-order valence-electron chi connectivity index (χ0n) is 17.1. The van der Waals surface area contributed by atoms with Crippen LogP contribution in [0.25, 0.3) is 5.95 Å². The Hall–Kier alpha value is -3.22. The molecular formula is C18H21F3N6O4. The Balaban J connectivity index is 2.13. The molecular weight excluding hydrogens is 421 g/mol. The standard InChI is InChI=1S/C18H21F3N6O4/c1-5-31-14(28)12-13(24-16(29)25-17(12,30)18(19,20)21)11-7-27(26-10(11)4)15-22-8(2)6-9(3)23-15/h6-7,12-13,30H,5H2,1-4H3,(H2,24,25,29)/t12-,13-,17-/m0/s1. The number of carbonyl (C=O) groups is 2.